The molecule has 1 aliphatic carbocycles. The van der Waals surface area contributed by atoms with Gasteiger partial charge in [-0.2, -0.15) is 10.2 Å². The Hall–Kier alpha value is -4.98. The predicted octanol–water partition coefficient (Wildman–Crippen LogP) is 6.87. The number of halogens is 1. The molecule has 0 bridgehead atoms. The second-order valence-corrected chi connectivity index (χ2v) is 12.8. The van der Waals surface area contributed by atoms with Crippen LogP contribution in [0.5, 0.6) is 11.5 Å². The van der Waals surface area contributed by atoms with Gasteiger partial charge < -0.3 is 19.1 Å². The average Bonchev–Trinajstić information content (AvgIpc) is 3.46. The van der Waals surface area contributed by atoms with Crippen LogP contribution in [-0.2, 0) is 24.2 Å². The first-order valence-electron chi connectivity index (χ1n) is 16.9. The Morgan fingerprint density at radius 3 is 2.57 bits per heavy atom. The minimum atomic E-state index is -0.741. The maximum absolute atomic E-state index is 13.5. The molecule has 3 aromatic carbocycles. The van der Waals surface area contributed by atoms with Crippen LogP contribution in [0, 0.1) is 18.3 Å². The summed E-state index contributed by atoms with van der Waals surface area (Å²) >= 11 is 0. The van der Waals surface area contributed by atoms with Gasteiger partial charge in [-0.1, -0.05) is 36.4 Å². The van der Waals surface area contributed by atoms with E-state index in [4.69, 9.17) is 24.2 Å². The van der Waals surface area contributed by atoms with Crippen molar-refractivity contribution in [2.45, 2.75) is 51.6 Å². The van der Waals surface area contributed by atoms with Gasteiger partial charge in [0.2, 0.25) is 5.95 Å². The Labute approximate surface area is 286 Å². The van der Waals surface area contributed by atoms with Gasteiger partial charge in [0, 0.05) is 61.0 Å². The van der Waals surface area contributed by atoms with Gasteiger partial charge in [-0.05, 0) is 62.1 Å². The number of nitrogens with zero attached hydrogens (tertiary/aromatic N) is 6. The van der Waals surface area contributed by atoms with Crippen molar-refractivity contribution >= 4 is 16.7 Å². The van der Waals surface area contributed by atoms with Crippen molar-refractivity contribution in [3.8, 4) is 23.5 Å². The quantitative estimate of drug-likeness (QED) is 0.143. The van der Waals surface area contributed by atoms with Crippen LogP contribution >= 0.6 is 0 Å². The monoisotopic (exact) mass is 660 g/mol. The van der Waals surface area contributed by atoms with Crippen molar-refractivity contribution < 1.29 is 18.6 Å². The summed E-state index contributed by atoms with van der Waals surface area (Å²) in [5.74, 6) is 2.84. The topological polar surface area (TPSA) is 88.7 Å². The molecule has 0 amide bonds. The Kier molecular flexibility index (Phi) is 9.47. The number of hydrogen-bond acceptors (Lipinski definition) is 8. The molecule has 252 valence electrons. The summed E-state index contributed by atoms with van der Waals surface area (Å²) in [5.41, 5.74) is 6.52. The lowest BCUT2D eigenvalue weighted by atomic mass is 9.93. The van der Waals surface area contributed by atoms with Crippen LogP contribution in [0.15, 0.2) is 72.8 Å². The molecular weight excluding hydrogens is 619 g/mol. The molecule has 1 atom stereocenters. The maximum Gasteiger partial charge on any atom is 0.236 e. The number of nitriles is 1. The molecule has 2 aromatic heterocycles. The Bertz CT molecular complexity index is 1980. The minimum absolute atomic E-state index is 0.224. The number of aryl methyl sites for hydroxylation is 1. The lowest BCUT2D eigenvalue weighted by Crippen LogP contribution is -2.49. The molecule has 2 aliphatic rings. The van der Waals surface area contributed by atoms with Crippen molar-refractivity contribution in [1.29, 1.82) is 5.26 Å². The molecule has 0 spiro atoms. The maximum atomic E-state index is 13.5. The highest BCUT2D eigenvalue weighted by atomic mass is 19.1. The van der Waals surface area contributed by atoms with E-state index in [2.05, 4.69) is 40.1 Å². The summed E-state index contributed by atoms with van der Waals surface area (Å²) < 4.78 is 33.4. The van der Waals surface area contributed by atoms with E-state index < -0.39 is 6.17 Å². The molecule has 0 saturated carbocycles. The van der Waals surface area contributed by atoms with Crippen molar-refractivity contribution in [1.82, 2.24) is 19.4 Å². The van der Waals surface area contributed by atoms with Crippen molar-refractivity contribution in [2.24, 2.45) is 0 Å². The van der Waals surface area contributed by atoms with Crippen LogP contribution in [0.25, 0.3) is 16.9 Å². The summed E-state index contributed by atoms with van der Waals surface area (Å²) in [6.07, 6.45) is 1.62. The van der Waals surface area contributed by atoms with Gasteiger partial charge in [-0.25, -0.2) is 9.37 Å². The smallest absolute Gasteiger partial charge is 0.236 e. The van der Waals surface area contributed by atoms with Crippen LogP contribution in [0.1, 0.15) is 52.6 Å². The van der Waals surface area contributed by atoms with E-state index in [1.54, 1.807) is 14.2 Å². The van der Waals surface area contributed by atoms with Crippen LogP contribution in [0.4, 0.5) is 10.2 Å². The van der Waals surface area contributed by atoms with Gasteiger partial charge in [-0.3, -0.25) is 9.47 Å². The number of hydrogen-bond donors (Lipinski definition) is 0. The van der Waals surface area contributed by atoms with Gasteiger partial charge in [0.1, 0.15) is 29.6 Å². The Morgan fingerprint density at radius 2 is 1.82 bits per heavy atom. The first-order valence-corrected chi connectivity index (χ1v) is 16.9. The summed E-state index contributed by atoms with van der Waals surface area (Å²) in [5, 5.41) is 10.7. The number of likely N-dealkylation sites (tertiary alicyclic amines) is 1. The third-order valence-electron chi connectivity index (χ3n) is 9.56. The summed E-state index contributed by atoms with van der Waals surface area (Å²) in [7, 11) is 3.33. The van der Waals surface area contributed by atoms with E-state index in [1.165, 1.54) is 0 Å². The molecular formula is C39H41FN6O3. The Balaban J connectivity index is 1.37. The van der Waals surface area contributed by atoms with E-state index in [9.17, 15) is 9.65 Å². The van der Waals surface area contributed by atoms with Crippen LogP contribution in [-0.4, -0.2) is 66.1 Å². The standard InChI is InChI=1S/C39H41FN6O3/c1-26-19-33-28(21-41)11-7-13-34(33)46(26)39-42-37-32(12-8-14-35(37)49-18-17-44-24-30(40)25-44)38(43-39)45(22-27-9-5-4-6-10-27)23-29-15-16-31(47-2)20-36(29)48-3/h4-7,9-11,13,15-16,19-20,30,35H,8,12,14,17-18,22-25H2,1-3H3. The van der Waals surface area contributed by atoms with E-state index >= 15 is 0 Å². The second-order valence-electron chi connectivity index (χ2n) is 12.8. The van der Waals surface area contributed by atoms with Crippen molar-refractivity contribution in [2.75, 3.05) is 45.4 Å². The highest BCUT2D eigenvalue weighted by molar-refractivity contribution is 5.88. The summed E-state index contributed by atoms with van der Waals surface area (Å²) in [4.78, 5) is 15.0. The molecule has 7 rings (SSSR count). The van der Waals surface area contributed by atoms with Crippen molar-refractivity contribution in [3.05, 3.63) is 106 Å². The number of ether oxygens (including phenoxy) is 3. The Morgan fingerprint density at radius 1 is 0.980 bits per heavy atom. The molecule has 0 N–H and O–H groups in total. The molecule has 9 nitrogen and oxygen atoms in total. The van der Waals surface area contributed by atoms with Crippen LogP contribution in [0.3, 0.4) is 0 Å². The zero-order valence-corrected chi connectivity index (χ0v) is 28.2. The van der Waals surface area contributed by atoms with Crippen LogP contribution < -0.4 is 14.4 Å². The van der Waals surface area contributed by atoms with Crippen LogP contribution in [0.2, 0.25) is 0 Å². The molecule has 3 heterocycles. The van der Waals surface area contributed by atoms with Gasteiger partial charge >= 0.3 is 0 Å². The van der Waals surface area contributed by atoms with Gasteiger partial charge in [0.15, 0.2) is 0 Å². The molecule has 5 aromatic rings. The number of methoxy groups -OCH3 is 2. The largest absolute Gasteiger partial charge is 0.497 e. The zero-order chi connectivity index (χ0) is 33.9. The fraction of sp³-hybridized carbons (Fsp3) is 0.359. The summed E-state index contributed by atoms with van der Waals surface area (Å²) in [6.45, 7) is 5.27. The molecule has 0 radical (unpaired) electrons. The van der Waals surface area contributed by atoms with Gasteiger partial charge in [0.05, 0.1) is 43.7 Å². The predicted molar refractivity (Wildman–Crippen MR) is 187 cm³/mol. The van der Waals surface area contributed by atoms with E-state index in [0.717, 1.165) is 75.6 Å². The zero-order valence-electron chi connectivity index (χ0n) is 28.2. The normalized spacial score (nSPS) is 16.2. The number of rotatable bonds is 12. The van der Waals surface area contributed by atoms with E-state index in [-0.39, 0.29) is 6.10 Å². The minimum Gasteiger partial charge on any atom is -0.497 e. The van der Waals surface area contributed by atoms with Crippen molar-refractivity contribution in [3.63, 3.8) is 0 Å². The molecule has 10 heteroatoms. The average molecular weight is 661 g/mol. The summed E-state index contributed by atoms with van der Waals surface area (Å²) in [6, 6.07) is 26.4. The molecule has 49 heavy (non-hydrogen) atoms. The van der Waals surface area contributed by atoms with E-state index in [0.29, 0.717) is 50.8 Å². The second kappa shape index (κ2) is 14.2. The molecule has 1 fully saturated rings. The molecule has 1 saturated heterocycles. The number of anilines is 1. The third kappa shape index (κ3) is 6.69. The fourth-order valence-corrected chi connectivity index (χ4v) is 7.05. The first kappa shape index (κ1) is 32.6. The number of aromatic nitrogens is 3. The van der Waals surface area contributed by atoms with E-state index in [1.807, 2.05) is 60.0 Å². The lowest BCUT2D eigenvalue weighted by Gasteiger charge is -2.35. The molecule has 1 unspecified atom stereocenters. The highest BCUT2D eigenvalue weighted by Crippen LogP contribution is 2.39. The SMILES string of the molecule is COc1ccc(CN(Cc2ccccc2)c2nc(-n3c(C)cc4c(C#N)cccc43)nc3c2CCCC3OCCN2CC(F)C2)c(OC)c1. The fourth-order valence-electron chi connectivity index (χ4n) is 7.05. The highest BCUT2D eigenvalue weighted by Gasteiger charge is 2.31. The number of fused-ring (bicyclic) bond motifs is 2. The van der Waals surface area contributed by atoms with Gasteiger partial charge in [0.25, 0.3) is 0 Å². The number of alkyl halides is 1. The third-order valence-corrected chi connectivity index (χ3v) is 9.56. The van der Waals surface area contributed by atoms with Gasteiger partial charge in [-0.15, -0.1) is 0 Å². The lowest BCUT2D eigenvalue weighted by molar-refractivity contribution is -0.00547. The first-order chi connectivity index (χ1) is 23.9. The number of benzene rings is 3. The molecule has 1 aliphatic heterocycles.